The fraction of sp³-hybridized carbons (Fsp3) is 0.269. The molecule has 0 spiro atoms. The van der Waals surface area contributed by atoms with Crippen molar-refractivity contribution in [3.05, 3.63) is 87.5 Å². The minimum Gasteiger partial charge on any atom is -0.497 e. The van der Waals surface area contributed by atoms with E-state index in [4.69, 9.17) is 18.9 Å². The molecule has 1 aliphatic rings. The van der Waals surface area contributed by atoms with Gasteiger partial charge in [-0.25, -0.2) is 0 Å². The number of ether oxygens (including phenoxy) is 4. The van der Waals surface area contributed by atoms with E-state index in [0.29, 0.717) is 41.5 Å². The Morgan fingerprint density at radius 3 is 2.34 bits per heavy atom. The highest BCUT2D eigenvalue weighted by molar-refractivity contribution is 5.95. The van der Waals surface area contributed by atoms with Crippen LogP contribution >= 0.6 is 0 Å². The second kappa shape index (κ2) is 10.3. The first-order valence-corrected chi connectivity index (χ1v) is 11.0. The maximum absolute atomic E-state index is 13.6. The van der Waals surface area contributed by atoms with Crippen molar-refractivity contribution in [3.8, 4) is 23.0 Å². The summed E-state index contributed by atoms with van der Waals surface area (Å²) in [6.07, 6.45) is 0.638. The molecule has 1 aliphatic heterocycles. The lowest BCUT2D eigenvalue weighted by molar-refractivity contribution is -0.384. The second-order valence-electron chi connectivity index (χ2n) is 7.96. The lowest BCUT2D eigenvalue weighted by Gasteiger charge is -2.37. The number of nitrogens with zero attached hydrogens (tertiary/aromatic N) is 2. The maximum Gasteiger partial charge on any atom is 0.269 e. The molecule has 1 amide bonds. The summed E-state index contributed by atoms with van der Waals surface area (Å²) in [4.78, 5) is 25.8. The topological polar surface area (TPSA) is 100 Å². The van der Waals surface area contributed by atoms with E-state index < -0.39 is 11.0 Å². The Kier molecular flexibility index (Phi) is 7.05. The summed E-state index contributed by atoms with van der Waals surface area (Å²) >= 11 is 0. The Balaban J connectivity index is 1.68. The second-order valence-corrected chi connectivity index (χ2v) is 7.96. The van der Waals surface area contributed by atoms with Crippen LogP contribution in [0.4, 0.5) is 5.69 Å². The summed E-state index contributed by atoms with van der Waals surface area (Å²) in [5.74, 6) is 2.09. The molecule has 0 saturated heterocycles. The highest BCUT2D eigenvalue weighted by Gasteiger charge is 2.33. The predicted molar refractivity (Wildman–Crippen MR) is 129 cm³/mol. The first kappa shape index (κ1) is 23.9. The Hall–Kier alpha value is -4.27. The van der Waals surface area contributed by atoms with E-state index in [9.17, 15) is 14.9 Å². The molecule has 0 aliphatic carbocycles. The molecule has 1 heterocycles. The van der Waals surface area contributed by atoms with Crippen LogP contribution in [0.2, 0.25) is 0 Å². The number of fused-ring (bicyclic) bond motifs is 1. The Morgan fingerprint density at radius 2 is 1.69 bits per heavy atom. The third-order valence-electron chi connectivity index (χ3n) is 6.04. The van der Waals surface area contributed by atoms with Crippen LogP contribution in [0, 0.1) is 10.1 Å². The van der Waals surface area contributed by atoms with Crippen molar-refractivity contribution in [2.75, 3.05) is 34.5 Å². The normalized spacial score (nSPS) is 14.6. The molecule has 4 rings (SSSR count). The molecule has 0 unspecified atom stereocenters. The molecule has 3 aromatic rings. The number of non-ortho nitro benzene ring substituents is 1. The average molecular weight is 479 g/mol. The molecule has 35 heavy (non-hydrogen) atoms. The lowest BCUT2D eigenvalue weighted by Crippen LogP contribution is -2.42. The SMILES string of the molecule is COc1cccc(C(=O)N2CCc3cc(OC)c(OC)cc3[C@@H]2COc2ccc([N+](=O)[O-])cc2)c1. The lowest BCUT2D eigenvalue weighted by atomic mass is 9.91. The van der Waals surface area contributed by atoms with E-state index in [-0.39, 0.29) is 18.2 Å². The molecule has 0 bridgehead atoms. The van der Waals surface area contributed by atoms with Gasteiger partial charge in [-0.2, -0.15) is 0 Å². The van der Waals surface area contributed by atoms with Crippen molar-refractivity contribution >= 4 is 11.6 Å². The highest BCUT2D eigenvalue weighted by atomic mass is 16.6. The summed E-state index contributed by atoms with van der Waals surface area (Å²) in [6, 6.07) is 16.3. The van der Waals surface area contributed by atoms with E-state index in [1.165, 1.54) is 12.1 Å². The smallest absolute Gasteiger partial charge is 0.269 e. The summed E-state index contributed by atoms with van der Waals surface area (Å²) < 4.78 is 22.3. The van der Waals surface area contributed by atoms with Gasteiger partial charge >= 0.3 is 0 Å². The standard InChI is InChI=1S/C26H26N2O7/c1-32-21-6-4-5-18(13-21)26(29)27-12-11-17-14-24(33-2)25(34-3)15-22(17)23(27)16-35-20-9-7-19(8-10-20)28(30)31/h4-10,13-15,23H,11-12,16H2,1-3H3/t23-/m0/s1. The van der Waals surface area contributed by atoms with Gasteiger partial charge in [-0.3, -0.25) is 14.9 Å². The summed E-state index contributed by atoms with van der Waals surface area (Å²) in [5, 5.41) is 11.0. The molecule has 0 N–H and O–H groups in total. The number of carbonyl (C=O) groups is 1. The van der Waals surface area contributed by atoms with Gasteiger partial charge < -0.3 is 23.8 Å². The van der Waals surface area contributed by atoms with Gasteiger partial charge in [-0.05, 0) is 60.0 Å². The molecule has 0 aromatic heterocycles. The number of hydrogen-bond acceptors (Lipinski definition) is 7. The minimum absolute atomic E-state index is 0.0213. The first-order valence-electron chi connectivity index (χ1n) is 11.0. The van der Waals surface area contributed by atoms with Crippen LogP contribution in [0.15, 0.2) is 60.7 Å². The van der Waals surface area contributed by atoms with E-state index in [0.717, 1.165) is 11.1 Å². The Labute approximate surface area is 202 Å². The van der Waals surface area contributed by atoms with Gasteiger partial charge in [0.05, 0.1) is 32.3 Å². The van der Waals surface area contributed by atoms with Crippen LogP contribution in [0.25, 0.3) is 0 Å². The largest absolute Gasteiger partial charge is 0.497 e. The summed E-state index contributed by atoms with van der Waals surface area (Å²) in [6.45, 7) is 0.628. The van der Waals surface area contributed by atoms with Gasteiger partial charge in [0, 0.05) is 24.2 Å². The van der Waals surface area contributed by atoms with Crippen molar-refractivity contribution in [1.29, 1.82) is 0 Å². The van der Waals surface area contributed by atoms with Gasteiger partial charge in [0.2, 0.25) is 0 Å². The van der Waals surface area contributed by atoms with Crippen molar-refractivity contribution in [3.63, 3.8) is 0 Å². The quantitative estimate of drug-likeness (QED) is 0.349. The number of benzene rings is 3. The third kappa shape index (κ3) is 4.98. The molecule has 182 valence electrons. The van der Waals surface area contributed by atoms with E-state index >= 15 is 0 Å². The maximum atomic E-state index is 13.6. The summed E-state index contributed by atoms with van der Waals surface area (Å²) in [5.41, 5.74) is 2.42. The molecule has 9 nitrogen and oxygen atoms in total. The highest BCUT2D eigenvalue weighted by Crippen LogP contribution is 2.39. The fourth-order valence-electron chi connectivity index (χ4n) is 4.21. The van der Waals surface area contributed by atoms with Crippen LogP contribution < -0.4 is 18.9 Å². The molecule has 0 saturated carbocycles. The first-order chi connectivity index (χ1) is 16.9. The zero-order valence-electron chi connectivity index (χ0n) is 19.7. The van der Waals surface area contributed by atoms with Crippen molar-refractivity contribution in [2.24, 2.45) is 0 Å². The monoisotopic (exact) mass is 478 g/mol. The van der Waals surface area contributed by atoms with E-state index in [1.807, 2.05) is 12.1 Å². The van der Waals surface area contributed by atoms with Crippen molar-refractivity contribution in [1.82, 2.24) is 4.90 Å². The van der Waals surface area contributed by atoms with E-state index in [1.54, 1.807) is 62.6 Å². The number of methoxy groups -OCH3 is 3. The number of carbonyl (C=O) groups excluding carboxylic acids is 1. The van der Waals surface area contributed by atoms with Crippen LogP contribution in [0.3, 0.4) is 0 Å². The fourth-order valence-corrected chi connectivity index (χ4v) is 4.21. The van der Waals surface area contributed by atoms with Gasteiger partial charge in [0.25, 0.3) is 11.6 Å². The van der Waals surface area contributed by atoms with Crippen LogP contribution in [-0.2, 0) is 6.42 Å². The number of nitro groups is 1. The predicted octanol–water partition coefficient (Wildman–Crippen LogP) is 4.44. The molecule has 3 aromatic carbocycles. The number of rotatable bonds is 8. The number of nitro benzene ring substituents is 1. The zero-order chi connectivity index (χ0) is 24.9. The van der Waals surface area contributed by atoms with Crippen LogP contribution in [-0.4, -0.2) is 50.2 Å². The molecular weight excluding hydrogens is 452 g/mol. The number of amides is 1. The summed E-state index contributed by atoms with van der Waals surface area (Å²) in [7, 11) is 4.71. The molecular formula is C26H26N2O7. The van der Waals surface area contributed by atoms with E-state index in [2.05, 4.69) is 0 Å². The average Bonchev–Trinajstić information content (AvgIpc) is 2.90. The molecule has 0 radical (unpaired) electrons. The van der Waals surface area contributed by atoms with Crippen molar-refractivity contribution < 1.29 is 28.7 Å². The van der Waals surface area contributed by atoms with Gasteiger partial charge in [0.15, 0.2) is 11.5 Å². The van der Waals surface area contributed by atoms with Gasteiger partial charge in [0.1, 0.15) is 18.1 Å². The van der Waals surface area contributed by atoms with Gasteiger partial charge in [-0.1, -0.05) is 6.07 Å². The Morgan fingerprint density at radius 1 is 0.971 bits per heavy atom. The third-order valence-corrected chi connectivity index (χ3v) is 6.04. The van der Waals surface area contributed by atoms with Gasteiger partial charge in [-0.15, -0.1) is 0 Å². The molecule has 9 heteroatoms. The number of hydrogen-bond donors (Lipinski definition) is 0. The Bertz CT molecular complexity index is 1230. The molecule has 1 atom stereocenters. The van der Waals surface area contributed by atoms with Crippen LogP contribution in [0.5, 0.6) is 23.0 Å². The minimum atomic E-state index is -0.463. The van der Waals surface area contributed by atoms with Crippen LogP contribution in [0.1, 0.15) is 27.5 Å². The zero-order valence-corrected chi connectivity index (χ0v) is 19.7. The van der Waals surface area contributed by atoms with Crippen molar-refractivity contribution in [2.45, 2.75) is 12.5 Å². The molecule has 0 fully saturated rings.